The highest BCUT2D eigenvalue weighted by Crippen LogP contribution is 2.28. The minimum atomic E-state index is -1.62. The van der Waals surface area contributed by atoms with Crippen LogP contribution in [0, 0.1) is 11.8 Å². The Hall–Kier alpha value is -1.70. The Bertz CT molecular complexity index is 532. The summed E-state index contributed by atoms with van der Waals surface area (Å²) in [6.07, 6.45) is 1.23. The van der Waals surface area contributed by atoms with E-state index >= 15 is 0 Å². The van der Waals surface area contributed by atoms with E-state index in [1.807, 2.05) is 18.7 Å². The van der Waals surface area contributed by atoms with Crippen LogP contribution in [-0.4, -0.2) is 61.3 Å². The van der Waals surface area contributed by atoms with Crippen molar-refractivity contribution in [3.8, 4) is 0 Å². The van der Waals surface area contributed by atoms with E-state index in [2.05, 4.69) is 17.6 Å². The van der Waals surface area contributed by atoms with Crippen molar-refractivity contribution in [1.29, 1.82) is 0 Å². The van der Waals surface area contributed by atoms with Crippen LogP contribution in [0.3, 0.4) is 0 Å². The van der Waals surface area contributed by atoms with Gasteiger partial charge >= 0.3 is 5.97 Å². The van der Waals surface area contributed by atoms with E-state index in [4.69, 9.17) is 4.74 Å². The van der Waals surface area contributed by atoms with Crippen LogP contribution in [0.25, 0.3) is 0 Å². The molecule has 2 N–H and O–H groups in total. The number of nitrogens with zero attached hydrogens (tertiary/aromatic N) is 1. The molecular formula is C20H36FN3O4. The van der Waals surface area contributed by atoms with Crippen LogP contribution < -0.4 is 10.6 Å². The van der Waals surface area contributed by atoms with Gasteiger partial charge in [-0.1, -0.05) is 20.3 Å². The Balaban J connectivity index is 2.92. The summed E-state index contributed by atoms with van der Waals surface area (Å²) in [6, 6.07) is -0.719. The molecule has 162 valence electrons. The van der Waals surface area contributed by atoms with Crippen molar-refractivity contribution < 1.29 is 23.5 Å². The summed E-state index contributed by atoms with van der Waals surface area (Å²) in [5.41, 5.74) is 0. The second kappa shape index (κ2) is 12.0. The lowest BCUT2D eigenvalue weighted by atomic mass is 9.95. The summed E-state index contributed by atoms with van der Waals surface area (Å²) in [6.45, 7) is 8.26. The number of halogens is 1. The van der Waals surface area contributed by atoms with Gasteiger partial charge in [-0.2, -0.15) is 0 Å². The third-order valence-electron chi connectivity index (χ3n) is 5.32. The van der Waals surface area contributed by atoms with E-state index in [9.17, 15) is 18.8 Å². The molecule has 0 aliphatic carbocycles. The van der Waals surface area contributed by atoms with Crippen molar-refractivity contribution in [3.05, 3.63) is 0 Å². The summed E-state index contributed by atoms with van der Waals surface area (Å²) in [7, 11) is 1.57. The van der Waals surface area contributed by atoms with Crippen molar-refractivity contribution >= 4 is 17.8 Å². The van der Waals surface area contributed by atoms with Crippen molar-refractivity contribution in [2.75, 3.05) is 20.1 Å². The molecule has 8 heteroatoms. The number of hydrogen-bond donors (Lipinski definition) is 2. The molecule has 0 saturated carbocycles. The first-order chi connectivity index (χ1) is 13.2. The number of rotatable bonds is 11. The van der Waals surface area contributed by atoms with Gasteiger partial charge in [-0.05, 0) is 32.1 Å². The lowest BCUT2D eigenvalue weighted by Gasteiger charge is -2.31. The maximum Gasteiger partial charge on any atom is 0.325 e. The van der Waals surface area contributed by atoms with Gasteiger partial charge in [0.1, 0.15) is 6.04 Å². The molecule has 1 heterocycles. The highest BCUT2D eigenvalue weighted by molar-refractivity contribution is 5.82. The zero-order valence-corrected chi connectivity index (χ0v) is 17.8. The van der Waals surface area contributed by atoms with Crippen molar-refractivity contribution in [2.45, 2.75) is 78.2 Å². The average Bonchev–Trinajstić information content (AvgIpc) is 3.04. The Kier molecular flexibility index (Phi) is 10.4. The number of nitrogens with one attached hydrogen (secondary N) is 2. The van der Waals surface area contributed by atoms with Gasteiger partial charge in [0, 0.05) is 39.5 Å². The number of carbonyl (C=O) groups excluding carboxylic acids is 3. The van der Waals surface area contributed by atoms with Crippen LogP contribution in [0.4, 0.5) is 4.39 Å². The average molecular weight is 402 g/mol. The molecule has 7 nitrogen and oxygen atoms in total. The SMILES string of the molecule is CCCC(F)OC(=O)[C@H]1C[C@@H](C(=O)NC)CN1CC(CCC)C(C)NC(C)=O. The predicted octanol–water partition coefficient (Wildman–Crippen LogP) is 2.00. The number of likely N-dealkylation sites (tertiary alicyclic amines) is 1. The van der Waals surface area contributed by atoms with Crippen molar-refractivity contribution in [2.24, 2.45) is 11.8 Å². The van der Waals surface area contributed by atoms with E-state index < -0.39 is 18.4 Å². The fourth-order valence-electron chi connectivity index (χ4n) is 3.84. The van der Waals surface area contributed by atoms with Crippen molar-refractivity contribution in [1.82, 2.24) is 15.5 Å². The minimum Gasteiger partial charge on any atom is -0.430 e. The van der Waals surface area contributed by atoms with Gasteiger partial charge in [0.15, 0.2) is 0 Å². The summed E-state index contributed by atoms with van der Waals surface area (Å²) in [4.78, 5) is 38.1. The monoisotopic (exact) mass is 401 g/mol. The topological polar surface area (TPSA) is 87.7 Å². The van der Waals surface area contributed by atoms with E-state index in [-0.39, 0.29) is 36.1 Å². The van der Waals surface area contributed by atoms with Crippen LogP contribution in [0.15, 0.2) is 0 Å². The molecule has 28 heavy (non-hydrogen) atoms. The number of amides is 2. The molecule has 5 atom stereocenters. The number of carbonyl (C=O) groups is 3. The summed E-state index contributed by atoms with van der Waals surface area (Å²) in [5.74, 6) is -1.08. The van der Waals surface area contributed by atoms with Gasteiger partial charge in [-0.25, -0.2) is 4.39 Å². The van der Waals surface area contributed by atoms with Gasteiger partial charge in [-0.3, -0.25) is 19.3 Å². The Morgan fingerprint density at radius 3 is 2.39 bits per heavy atom. The first-order valence-corrected chi connectivity index (χ1v) is 10.3. The molecule has 1 saturated heterocycles. The van der Waals surface area contributed by atoms with E-state index in [1.165, 1.54) is 6.92 Å². The molecule has 0 aromatic rings. The maximum absolute atomic E-state index is 13.8. The fraction of sp³-hybridized carbons (Fsp3) is 0.850. The molecule has 0 radical (unpaired) electrons. The highest BCUT2D eigenvalue weighted by atomic mass is 19.1. The van der Waals surface area contributed by atoms with E-state index in [1.54, 1.807) is 7.05 Å². The molecule has 1 fully saturated rings. The summed E-state index contributed by atoms with van der Waals surface area (Å²) in [5, 5.41) is 5.55. The number of alkyl halides is 1. The molecule has 0 aromatic carbocycles. The third kappa shape index (κ3) is 7.37. The molecule has 1 rings (SSSR count). The summed E-state index contributed by atoms with van der Waals surface area (Å²) >= 11 is 0. The smallest absolute Gasteiger partial charge is 0.325 e. The lowest BCUT2D eigenvalue weighted by molar-refractivity contribution is -0.164. The molecule has 2 amide bonds. The number of ether oxygens (including phenoxy) is 1. The Morgan fingerprint density at radius 1 is 1.21 bits per heavy atom. The largest absolute Gasteiger partial charge is 0.430 e. The van der Waals surface area contributed by atoms with Gasteiger partial charge in [0.25, 0.3) is 0 Å². The van der Waals surface area contributed by atoms with E-state index in [0.29, 0.717) is 25.9 Å². The Morgan fingerprint density at radius 2 is 1.86 bits per heavy atom. The van der Waals surface area contributed by atoms with Crippen LogP contribution >= 0.6 is 0 Å². The van der Waals surface area contributed by atoms with Crippen LogP contribution in [-0.2, 0) is 19.1 Å². The zero-order valence-electron chi connectivity index (χ0n) is 17.8. The third-order valence-corrected chi connectivity index (χ3v) is 5.32. The van der Waals surface area contributed by atoms with Crippen LogP contribution in [0.2, 0.25) is 0 Å². The second-order valence-corrected chi connectivity index (χ2v) is 7.69. The first-order valence-electron chi connectivity index (χ1n) is 10.3. The fourth-order valence-corrected chi connectivity index (χ4v) is 3.84. The summed E-state index contributed by atoms with van der Waals surface area (Å²) < 4.78 is 18.8. The van der Waals surface area contributed by atoms with Gasteiger partial charge < -0.3 is 15.4 Å². The highest BCUT2D eigenvalue weighted by Gasteiger charge is 2.42. The molecule has 1 aliphatic heterocycles. The van der Waals surface area contributed by atoms with Crippen molar-refractivity contribution in [3.63, 3.8) is 0 Å². The predicted molar refractivity (Wildman–Crippen MR) is 105 cm³/mol. The molecule has 0 bridgehead atoms. The number of esters is 1. The maximum atomic E-state index is 13.8. The second-order valence-electron chi connectivity index (χ2n) is 7.69. The van der Waals surface area contributed by atoms with Gasteiger partial charge in [0.05, 0.1) is 5.92 Å². The van der Waals surface area contributed by atoms with Crippen LogP contribution in [0.1, 0.15) is 59.8 Å². The molecule has 0 aromatic heterocycles. The van der Waals surface area contributed by atoms with Crippen LogP contribution in [0.5, 0.6) is 0 Å². The van der Waals surface area contributed by atoms with E-state index in [0.717, 1.165) is 12.8 Å². The van der Waals surface area contributed by atoms with Gasteiger partial charge in [-0.15, -0.1) is 0 Å². The first kappa shape index (κ1) is 24.3. The zero-order chi connectivity index (χ0) is 21.3. The standard InChI is InChI=1S/C20H36FN3O4/c1-6-8-15(13(3)23-14(4)25)11-24-12-16(19(26)22-5)10-17(24)20(27)28-18(21)9-7-2/h13,15-18H,6-12H2,1-5H3,(H,22,26)(H,23,25)/t13?,15?,16-,17-,18?/m1/s1. The lowest BCUT2D eigenvalue weighted by Crippen LogP contribution is -2.46. The molecule has 1 aliphatic rings. The molecule has 0 spiro atoms. The minimum absolute atomic E-state index is 0.0674. The molecular weight excluding hydrogens is 365 g/mol. The molecule has 3 unspecified atom stereocenters. The normalized spacial score (nSPS) is 22.9. The quantitative estimate of drug-likeness (QED) is 0.517. The Labute approximate surface area is 167 Å². The van der Waals surface area contributed by atoms with Gasteiger partial charge in [0.2, 0.25) is 18.2 Å². The number of hydrogen-bond acceptors (Lipinski definition) is 5.